The van der Waals surface area contributed by atoms with E-state index in [0.29, 0.717) is 28.8 Å². The molecular formula is C27H28Cl2N2O2S. The SMILES string of the molecule is CNC(=O)[C@@H](Cc1ccccc1)N(Cc1ccc(C)cc1)C(=O)CSCc1c(Cl)cccc1Cl. The summed E-state index contributed by atoms with van der Waals surface area (Å²) in [5.74, 6) is 0.406. The molecule has 0 spiro atoms. The highest BCUT2D eigenvalue weighted by Gasteiger charge is 2.29. The molecule has 0 aromatic heterocycles. The van der Waals surface area contributed by atoms with E-state index in [2.05, 4.69) is 5.32 Å². The molecule has 7 heteroatoms. The van der Waals surface area contributed by atoms with Crippen LogP contribution in [0.2, 0.25) is 10.0 Å². The lowest BCUT2D eigenvalue weighted by atomic mass is 10.0. The number of carbonyl (C=O) groups excluding carboxylic acids is 2. The molecule has 178 valence electrons. The van der Waals surface area contributed by atoms with Crippen LogP contribution in [0.15, 0.2) is 72.8 Å². The lowest BCUT2D eigenvalue weighted by Crippen LogP contribution is -2.50. The summed E-state index contributed by atoms with van der Waals surface area (Å²) in [4.78, 5) is 28.1. The average molecular weight is 516 g/mol. The van der Waals surface area contributed by atoms with Crippen LogP contribution >= 0.6 is 35.0 Å². The zero-order chi connectivity index (χ0) is 24.5. The summed E-state index contributed by atoms with van der Waals surface area (Å²) in [7, 11) is 1.60. The molecular weight excluding hydrogens is 487 g/mol. The third-order valence-corrected chi connectivity index (χ3v) is 7.18. The van der Waals surface area contributed by atoms with Gasteiger partial charge >= 0.3 is 0 Å². The van der Waals surface area contributed by atoms with Crippen molar-refractivity contribution in [3.63, 3.8) is 0 Å². The number of amides is 2. The van der Waals surface area contributed by atoms with Crippen LogP contribution in [0.3, 0.4) is 0 Å². The van der Waals surface area contributed by atoms with E-state index in [4.69, 9.17) is 23.2 Å². The highest BCUT2D eigenvalue weighted by Crippen LogP contribution is 2.28. The summed E-state index contributed by atoms with van der Waals surface area (Å²) in [5.41, 5.74) is 3.91. The lowest BCUT2D eigenvalue weighted by molar-refractivity contribution is -0.139. The molecule has 2 amide bonds. The van der Waals surface area contributed by atoms with Crippen LogP contribution in [0.4, 0.5) is 0 Å². The Labute approximate surface area is 215 Å². The number of hydrogen-bond donors (Lipinski definition) is 1. The van der Waals surface area contributed by atoms with Gasteiger partial charge in [-0.05, 0) is 35.7 Å². The number of hydrogen-bond acceptors (Lipinski definition) is 3. The maximum Gasteiger partial charge on any atom is 0.242 e. The van der Waals surface area contributed by atoms with Gasteiger partial charge in [0.1, 0.15) is 6.04 Å². The molecule has 34 heavy (non-hydrogen) atoms. The molecule has 0 unspecified atom stereocenters. The van der Waals surface area contributed by atoms with Crippen molar-refractivity contribution in [2.45, 2.75) is 31.7 Å². The molecule has 0 heterocycles. The highest BCUT2D eigenvalue weighted by atomic mass is 35.5. The van der Waals surface area contributed by atoms with E-state index < -0.39 is 6.04 Å². The molecule has 0 aliphatic rings. The Morgan fingerprint density at radius 3 is 2.18 bits per heavy atom. The molecule has 1 atom stereocenters. The van der Waals surface area contributed by atoms with Crippen LogP contribution in [-0.4, -0.2) is 35.6 Å². The Kier molecular flexibility index (Phi) is 9.87. The molecule has 0 saturated carbocycles. The number of benzene rings is 3. The molecule has 0 saturated heterocycles. The Morgan fingerprint density at radius 2 is 1.56 bits per heavy atom. The number of aryl methyl sites for hydroxylation is 1. The third-order valence-electron chi connectivity index (χ3n) is 5.52. The summed E-state index contributed by atoms with van der Waals surface area (Å²) >= 11 is 14.0. The molecule has 1 N–H and O–H groups in total. The molecule has 4 nitrogen and oxygen atoms in total. The topological polar surface area (TPSA) is 49.4 Å². The van der Waals surface area contributed by atoms with E-state index in [1.54, 1.807) is 30.1 Å². The molecule has 0 bridgehead atoms. The normalized spacial score (nSPS) is 11.6. The molecule has 0 aliphatic carbocycles. The zero-order valence-electron chi connectivity index (χ0n) is 19.3. The van der Waals surface area contributed by atoms with Crippen molar-refractivity contribution in [2.24, 2.45) is 0 Å². The van der Waals surface area contributed by atoms with Crippen LogP contribution in [-0.2, 0) is 28.3 Å². The molecule has 0 fully saturated rings. The minimum absolute atomic E-state index is 0.113. The van der Waals surface area contributed by atoms with Gasteiger partial charge in [0.15, 0.2) is 0 Å². The first kappa shape index (κ1) is 26.1. The smallest absolute Gasteiger partial charge is 0.242 e. The summed E-state index contributed by atoms with van der Waals surface area (Å²) in [6, 6.07) is 22.5. The standard InChI is InChI=1S/C27H28Cl2N2O2S/c1-19-11-13-21(14-12-19)16-31(25(27(33)30-2)15-20-7-4-3-5-8-20)26(32)18-34-17-22-23(28)9-6-10-24(22)29/h3-14,25H,15-18H2,1-2H3,(H,30,33)/t25-/m1/s1. The van der Waals surface area contributed by atoms with Crippen LogP contribution in [0.5, 0.6) is 0 Å². The molecule has 0 aliphatic heterocycles. The van der Waals surface area contributed by atoms with Crippen LogP contribution in [0.25, 0.3) is 0 Å². The third kappa shape index (κ3) is 7.26. The van der Waals surface area contributed by atoms with Crippen molar-refractivity contribution in [3.05, 3.63) is 105 Å². The van der Waals surface area contributed by atoms with Gasteiger partial charge in [-0.1, -0.05) is 89.4 Å². The van der Waals surface area contributed by atoms with Crippen molar-refractivity contribution in [2.75, 3.05) is 12.8 Å². The number of carbonyl (C=O) groups is 2. The number of nitrogens with zero attached hydrogens (tertiary/aromatic N) is 1. The number of nitrogens with one attached hydrogen (secondary N) is 1. The number of thioether (sulfide) groups is 1. The Morgan fingerprint density at radius 1 is 0.912 bits per heavy atom. The summed E-state index contributed by atoms with van der Waals surface area (Å²) in [5, 5.41) is 3.90. The summed E-state index contributed by atoms with van der Waals surface area (Å²) < 4.78 is 0. The second-order valence-electron chi connectivity index (χ2n) is 8.02. The monoisotopic (exact) mass is 514 g/mol. The quantitative estimate of drug-likeness (QED) is 0.365. The van der Waals surface area contributed by atoms with E-state index in [0.717, 1.165) is 22.3 Å². The van der Waals surface area contributed by atoms with Crippen molar-refractivity contribution in [1.82, 2.24) is 10.2 Å². The van der Waals surface area contributed by atoms with E-state index in [1.807, 2.05) is 61.5 Å². The lowest BCUT2D eigenvalue weighted by Gasteiger charge is -2.31. The molecule has 3 aromatic carbocycles. The van der Waals surface area contributed by atoms with Crippen LogP contribution in [0.1, 0.15) is 22.3 Å². The number of rotatable bonds is 10. The van der Waals surface area contributed by atoms with E-state index in [-0.39, 0.29) is 17.6 Å². The van der Waals surface area contributed by atoms with Gasteiger partial charge in [0.2, 0.25) is 11.8 Å². The van der Waals surface area contributed by atoms with Gasteiger partial charge in [0.25, 0.3) is 0 Å². The number of halogens is 2. The molecule has 0 radical (unpaired) electrons. The Hall–Kier alpha value is -2.47. The van der Waals surface area contributed by atoms with E-state index >= 15 is 0 Å². The van der Waals surface area contributed by atoms with Crippen molar-refractivity contribution < 1.29 is 9.59 Å². The summed E-state index contributed by atoms with van der Waals surface area (Å²) in [6.07, 6.45) is 0.430. The van der Waals surface area contributed by atoms with Crippen LogP contribution < -0.4 is 5.32 Å². The van der Waals surface area contributed by atoms with Crippen molar-refractivity contribution in [3.8, 4) is 0 Å². The maximum absolute atomic E-state index is 13.5. The van der Waals surface area contributed by atoms with Gasteiger partial charge in [-0.15, -0.1) is 11.8 Å². The summed E-state index contributed by atoms with van der Waals surface area (Å²) in [6.45, 7) is 2.36. The second-order valence-corrected chi connectivity index (χ2v) is 9.82. The van der Waals surface area contributed by atoms with Gasteiger partial charge < -0.3 is 10.2 Å². The maximum atomic E-state index is 13.5. The molecule has 3 rings (SSSR count). The Bertz CT molecular complexity index is 1090. The van der Waals surface area contributed by atoms with Gasteiger partial charge in [0, 0.05) is 35.8 Å². The number of likely N-dealkylation sites (N-methyl/N-ethyl adjacent to an activating group) is 1. The fourth-order valence-corrected chi connectivity index (χ4v) is 5.25. The Balaban J connectivity index is 1.82. The highest BCUT2D eigenvalue weighted by molar-refractivity contribution is 7.99. The first-order chi connectivity index (χ1) is 16.4. The van der Waals surface area contributed by atoms with Crippen molar-refractivity contribution in [1.29, 1.82) is 0 Å². The largest absolute Gasteiger partial charge is 0.357 e. The van der Waals surface area contributed by atoms with Crippen molar-refractivity contribution >= 4 is 46.8 Å². The van der Waals surface area contributed by atoms with Gasteiger partial charge in [-0.2, -0.15) is 0 Å². The fourth-order valence-electron chi connectivity index (χ4n) is 3.60. The average Bonchev–Trinajstić information content (AvgIpc) is 2.84. The first-order valence-electron chi connectivity index (χ1n) is 11.0. The first-order valence-corrected chi connectivity index (χ1v) is 12.9. The minimum atomic E-state index is -0.634. The fraction of sp³-hybridized carbons (Fsp3) is 0.259. The van der Waals surface area contributed by atoms with Gasteiger partial charge in [-0.25, -0.2) is 0 Å². The molecule has 3 aromatic rings. The van der Waals surface area contributed by atoms with Gasteiger partial charge in [-0.3, -0.25) is 9.59 Å². The predicted molar refractivity (Wildman–Crippen MR) is 142 cm³/mol. The van der Waals surface area contributed by atoms with Crippen LogP contribution in [0, 0.1) is 6.92 Å². The van der Waals surface area contributed by atoms with E-state index in [1.165, 1.54) is 11.8 Å². The second kappa shape index (κ2) is 12.8. The predicted octanol–water partition coefficient (Wildman–Crippen LogP) is 5.92. The van der Waals surface area contributed by atoms with Gasteiger partial charge in [0.05, 0.1) is 5.75 Å². The van der Waals surface area contributed by atoms with E-state index in [9.17, 15) is 9.59 Å². The zero-order valence-corrected chi connectivity index (χ0v) is 21.6. The minimum Gasteiger partial charge on any atom is -0.357 e.